The molecule has 0 unspecified atom stereocenters. The number of hydrogen-bond donors (Lipinski definition) is 1. The fraction of sp³-hybridized carbons (Fsp3) is 0.300. The highest BCUT2D eigenvalue weighted by Crippen LogP contribution is 2.48. The molecule has 0 bridgehead atoms. The van der Waals surface area contributed by atoms with Crippen LogP contribution in [-0.4, -0.2) is 23.8 Å². The quantitative estimate of drug-likeness (QED) is 0.822. The minimum absolute atomic E-state index is 0.131. The zero-order chi connectivity index (χ0) is 18.0. The average molecular weight is 357 g/mol. The highest BCUT2D eigenvalue weighted by molar-refractivity contribution is 6.31. The lowest BCUT2D eigenvalue weighted by Crippen LogP contribution is -2.40. The van der Waals surface area contributed by atoms with Gasteiger partial charge in [0.25, 0.3) is 0 Å². The SMILES string of the molecule is Cc1ccc(Cl)cc1NC(=O)C1(C(=O)N(C)Cc2ccccc2)CC1. The van der Waals surface area contributed by atoms with Gasteiger partial charge in [-0.1, -0.05) is 48.0 Å². The molecule has 4 nitrogen and oxygen atoms in total. The Morgan fingerprint density at radius 1 is 1.16 bits per heavy atom. The number of nitrogens with zero attached hydrogens (tertiary/aromatic N) is 1. The molecule has 1 fully saturated rings. The lowest BCUT2D eigenvalue weighted by atomic mass is 10.0. The van der Waals surface area contributed by atoms with Gasteiger partial charge in [-0.15, -0.1) is 0 Å². The van der Waals surface area contributed by atoms with Gasteiger partial charge in [0.1, 0.15) is 5.41 Å². The number of benzene rings is 2. The first-order chi connectivity index (χ1) is 11.9. The van der Waals surface area contributed by atoms with E-state index in [1.807, 2.05) is 43.3 Å². The second kappa shape index (κ2) is 6.89. The number of nitrogens with one attached hydrogen (secondary N) is 1. The largest absolute Gasteiger partial charge is 0.340 e. The second-order valence-corrected chi connectivity index (χ2v) is 7.08. The summed E-state index contributed by atoms with van der Waals surface area (Å²) in [7, 11) is 1.74. The maximum Gasteiger partial charge on any atom is 0.240 e. The average Bonchev–Trinajstić information content (AvgIpc) is 3.40. The molecular formula is C20H21ClN2O2. The summed E-state index contributed by atoms with van der Waals surface area (Å²) in [4.78, 5) is 27.2. The van der Waals surface area contributed by atoms with Crippen molar-refractivity contribution in [2.75, 3.05) is 12.4 Å². The van der Waals surface area contributed by atoms with Crippen LogP contribution in [0.3, 0.4) is 0 Å². The Kier molecular flexibility index (Phi) is 4.82. The van der Waals surface area contributed by atoms with E-state index in [0.29, 0.717) is 30.1 Å². The number of hydrogen-bond acceptors (Lipinski definition) is 2. The molecule has 0 atom stereocenters. The van der Waals surface area contributed by atoms with Crippen molar-refractivity contribution in [3.8, 4) is 0 Å². The molecule has 0 spiro atoms. The van der Waals surface area contributed by atoms with E-state index in [4.69, 9.17) is 11.6 Å². The van der Waals surface area contributed by atoms with Crippen LogP contribution in [0, 0.1) is 12.3 Å². The summed E-state index contributed by atoms with van der Waals surface area (Å²) in [6.07, 6.45) is 1.16. The lowest BCUT2D eigenvalue weighted by molar-refractivity contribution is -0.141. The van der Waals surface area contributed by atoms with E-state index >= 15 is 0 Å². The molecule has 0 heterocycles. The third kappa shape index (κ3) is 3.69. The van der Waals surface area contributed by atoms with Gasteiger partial charge < -0.3 is 10.2 Å². The molecular weight excluding hydrogens is 336 g/mol. The number of rotatable bonds is 5. The normalized spacial score (nSPS) is 14.7. The van der Waals surface area contributed by atoms with Crippen molar-refractivity contribution < 1.29 is 9.59 Å². The molecule has 5 heteroatoms. The van der Waals surface area contributed by atoms with E-state index in [1.54, 1.807) is 24.1 Å². The Labute approximate surface area is 152 Å². The van der Waals surface area contributed by atoms with Gasteiger partial charge in [0.2, 0.25) is 11.8 Å². The summed E-state index contributed by atoms with van der Waals surface area (Å²) in [5, 5.41) is 3.44. The number of amides is 2. The van der Waals surface area contributed by atoms with Crippen LogP contribution in [-0.2, 0) is 16.1 Å². The van der Waals surface area contributed by atoms with E-state index in [2.05, 4.69) is 5.32 Å². The van der Waals surface area contributed by atoms with Crippen LogP contribution in [0.25, 0.3) is 0 Å². The zero-order valence-corrected chi connectivity index (χ0v) is 15.1. The summed E-state index contributed by atoms with van der Waals surface area (Å²) in [6.45, 7) is 2.39. The van der Waals surface area contributed by atoms with Crippen molar-refractivity contribution in [3.63, 3.8) is 0 Å². The van der Waals surface area contributed by atoms with Crippen LogP contribution in [0.4, 0.5) is 5.69 Å². The molecule has 0 aliphatic heterocycles. The van der Waals surface area contributed by atoms with Gasteiger partial charge in [0.15, 0.2) is 0 Å². The molecule has 1 N–H and O–H groups in total. The predicted molar refractivity (Wildman–Crippen MR) is 99.4 cm³/mol. The first-order valence-corrected chi connectivity index (χ1v) is 8.67. The fourth-order valence-corrected chi connectivity index (χ4v) is 3.10. The second-order valence-electron chi connectivity index (χ2n) is 6.64. The number of carbonyl (C=O) groups is 2. The highest BCUT2D eigenvalue weighted by atomic mass is 35.5. The van der Waals surface area contributed by atoms with Gasteiger partial charge in [0.05, 0.1) is 0 Å². The molecule has 2 aromatic carbocycles. The van der Waals surface area contributed by atoms with Gasteiger partial charge in [-0.3, -0.25) is 9.59 Å². The summed E-state index contributed by atoms with van der Waals surface area (Å²) < 4.78 is 0. The molecule has 0 aromatic heterocycles. The summed E-state index contributed by atoms with van der Waals surface area (Å²) in [6, 6.07) is 15.1. The van der Waals surface area contributed by atoms with Crippen molar-refractivity contribution in [1.82, 2.24) is 4.90 Å². The molecule has 0 radical (unpaired) electrons. The van der Waals surface area contributed by atoms with E-state index in [1.165, 1.54) is 0 Å². The molecule has 2 amide bonds. The van der Waals surface area contributed by atoms with Crippen LogP contribution < -0.4 is 5.32 Å². The monoisotopic (exact) mass is 356 g/mol. The third-order valence-electron chi connectivity index (χ3n) is 4.65. The van der Waals surface area contributed by atoms with E-state index in [0.717, 1.165) is 11.1 Å². The van der Waals surface area contributed by atoms with Crippen molar-refractivity contribution in [2.24, 2.45) is 5.41 Å². The number of carbonyl (C=O) groups excluding carboxylic acids is 2. The Morgan fingerprint density at radius 2 is 1.84 bits per heavy atom. The van der Waals surface area contributed by atoms with Crippen LogP contribution in [0.1, 0.15) is 24.0 Å². The van der Waals surface area contributed by atoms with Crippen molar-refractivity contribution in [3.05, 3.63) is 64.7 Å². The highest BCUT2D eigenvalue weighted by Gasteiger charge is 2.57. The molecule has 0 saturated heterocycles. The maximum absolute atomic E-state index is 12.9. The summed E-state index contributed by atoms with van der Waals surface area (Å²) in [5.41, 5.74) is 1.67. The smallest absolute Gasteiger partial charge is 0.240 e. The van der Waals surface area contributed by atoms with Gasteiger partial charge >= 0.3 is 0 Å². The van der Waals surface area contributed by atoms with Crippen molar-refractivity contribution in [1.29, 1.82) is 0 Å². The topological polar surface area (TPSA) is 49.4 Å². The van der Waals surface area contributed by atoms with E-state index in [9.17, 15) is 9.59 Å². The molecule has 25 heavy (non-hydrogen) atoms. The van der Waals surface area contributed by atoms with Gasteiger partial charge in [-0.05, 0) is 43.0 Å². The third-order valence-corrected chi connectivity index (χ3v) is 4.89. The minimum atomic E-state index is -0.946. The number of aryl methyl sites for hydroxylation is 1. The van der Waals surface area contributed by atoms with E-state index < -0.39 is 5.41 Å². The fourth-order valence-electron chi connectivity index (χ4n) is 2.93. The predicted octanol–water partition coefficient (Wildman–Crippen LogP) is 4.03. The summed E-state index contributed by atoms with van der Waals surface area (Å²) >= 11 is 6.01. The Hall–Kier alpha value is -2.33. The minimum Gasteiger partial charge on any atom is -0.340 e. The van der Waals surface area contributed by atoms with Crippen molar-refractivity contribution >= 4 is 29.1 Å². The number of anilines is 1. The molecule has 1 aliphatic carbocycles. The zero-order valence-electron chi connectivity index (χ0n) is 14.4. The van der Waals surface area contributed by atoms with Gasteiger partial charge in [-0.2, -0.15) is 0 Å². The number of halogens is 1. The van der Waals surface area contributed by atoms with Crippen LogP contribution >= 0.6 is 11.6 Å². The van der Waals surface area contributed by atoms with Crippen LogP contribution in [0.15, 0.2) is 48.5 Å². The van der Waals surface area contributed by atoms with Crippen LogP contribution in [0.2, 0.25) is 5.02 Å². The first-order valence-electron chi connectivity index (χ1n) is 8.29. The van der Waals surface area contributed by atoms with Gasteiger partial charge in [0, 0.05) is 24.3 Å². The van der Waals surface area contributed by atoms with Gasteiger partial charge in [-0.25, -0.2) is 0 Å². The molecule has 1 aliphatic rings. The van der Waals surface area contributed by atoms with Crippen molar-refractivity contribution in [2.45, 2.75) is 26.3 Å². The molecule has 3 rings (SSSR count). The molecule has 1 saturated carbocycles. The molecule has 130 valence electrons. The lowest BCUT2D eigenvalue weighted by Gasteiger charge is -2.23. The molecule has 2 aromatic rings. The van der Waals surface area contributed by atoms with E-state index in [-0.39, 0.29) is 11.8 Å². The summed E-state index contributed by atoms with van der Waals surface area (Å²) in [5.74, 6) is -0.378. The van der Waals surface area contributed by atoms with Crippen LogP contribution in [0.5, 0.6) is 0 Å². The Morgan fingerprint density at radius 3 is 2.48 bits per heavy atom. The standard InChI is InChI=1S/C20H21ClN2O2/c1-14-8-9-16(21)12-17(14)22-18(24)20(10-11-20)19(25)23(2)13-15-6-4-3-5-7-15/h3-9,12H,10-11,13H2,1-2H3,(H,22,24). The first kappa shape index (κ1) is 17.5. The Bertz CT molecular complexity index is 801. The Balaban J connectivity index is 1.71. The maximum atomic E-state index is 12.9.